The molecule has 2 aromatic rings. The van der Waals surface area contributed by atoms with E-state index in [0.29, 0.717) is 12.3 Å². The topological polar surface area (TPSA) is 56.8 Å². The molecule has 6 nitrogen and oxygen atoms in total. The summed E-state index contributed by atoms with van der Waals surface area (Å²) >= 11 is 0. The first-order valence-corrected chi connectivity index (χ1v) is 11.4. The largest absolute Gasteiger partial charge is 0.353 e. The number of anilines is 1. The molecule has 1 atom stereocenters. The molecule has 164 valence electrons. The van der Waals surface area contributed by atoms with Crippen LogP contribution in [-0.2, 0) is 4.79 Å². The van der Waals surface area contributed by atoms with Crippen molar-refractivity contribution in [2.75, 3.05) is 44.2 Å². The van der Waals surface area contributed by atoms with Crippen molar-refractivity contribution in [3.8, 4) is 0 Å². The standard InChI is InChI=1S/C25H32N4O2/c1-20-7-10-22(11-8-20)25(31)29-14-4-5-21(19-29)9-12-24(30)28-17-15-27(16-18-28)23-6-2-3-13-26-23/h2-3,6-8,10-11,13,21H,4-5,9,12,14-19H2,1H3/t21-/m1/s1. The highest BCUT2D eigenvalue weighted by molar-refractivity contribution is 5.94. The van der Waals surface area contributed by atoms with Crippen molar-refractivity contribution >= 4 is 17.6 Å². The van der Waals surface area contributed by atoms with Crippen molar-refractivity contribution in [1.29, 1.82) is 0 Å². The fraction of sp³-hybridized carbons (Fsp3) is 0.480. The third kappa shape index (κ3) is 5.43. The van der Waals surface area contributed by atoms with Gasteiger partial charge in [0.15, 0.2) is 0 Å². The molecule has 2 fully saturated rings. The molecule has 2 amide bonds. The van der Waals surface area contributed by atoms with Crippen molar-refractivity contribution in [2.24, 2.45) is 5.92 Å². The van der Waals surface area contributed by atoms with Crippen LogP contribution in [0, 0.1) is 12.8 Å². The zero-order chi connectivity index (χ0) is 21.6. The maximum Gasteiger partial charge on any atom is 0.253 e. The summed E-state index contributed by atoms with van der Waals surface area (Å²) in [6.07, 6.45) is 5.35. The number of carbonyl (C=O) groups excluding carboxylic acids is 2. The van der Waals surface area contributed by atoms with E-state index in [4.69, 9.17) is 0 Å². The van der Waals surface area contributed by atoms with Gasteiger partial charge in [-0.25, -0.2) is 4.98 Å². The molecular formula is C25H32N4O2. The Morgan fingerprint density at radius 1 is 0.968 bits per heavy atom. The molecule has 2 aliphatic heterocycles. The number of benzene rings is 1. The van der Waals surface area contributed by atoms with E-state index in [1.807, 2.05) is 65.4 Å². The summed E-state index contributed by atoms with van der Waals surface area (Å²) in [7, 11) is 0. The van der Waals surface area contributed by atoms with Gasteiger partial charge < -0.3 is 14.7 Å². The van der Waals surface area contributed by atoms with Crippen LogP contribution in [0.2, 0.25) is 0 Å². The van der Waals surface area contributed by atoms with Gasteiger partial charge in [-0.05, 0) is 56.4 Å². The van der Waals surface area contributed by atoms with Gasteiger partial charge in [0.1, 0.15) is 5.82 Å². The number of nitrogens with zero attached hydrogens (tertiary/aromatic N) is 4. The second-order valence-corrected chi connectivity index (χ2v) is 8.72. The highest BCUT2D eigenvalue weighted by Gasteiger charge is 2.26. The highest BCUT2D eigenvalue weighted by atomic mass is 16.2. The predicted octanol–water partition coefficient (Wildman–Crippen LogP) is 3.37. The molecule has 0 radical (unpaired) electrons. The van der Waals surface area contributed by atoms with Crippen molar-refractivity contribution in [3.63, 3.8) is 0 Å². The second kappa shape index (κ2) is 9.94. The minimum atomic E-state index is 0.113. The van der Waals surface area contributed by atoms with Crippen molar-refractivity contribution in [1.82, 2.24) is 14.8 Å². The normalized spacial score (nSPS) is 19.4. The van der Waals surface area contributed by atoms with Gasteiger partial charge in [0.25, 0.3) is 5.91 Å². The summed E-state index contributed by atoms with van der Waals surface area (Å²) in [4.78, 5) is 36.2. The molecule has 4 rings (SSSR count). The van der Waals surface area contributed by atoms with Crippen LogP contribution in [0.1, 0.15) is 41.6 Å². The average Bonchev–Trinajstić information content (AvgIpc) is 2.83. The summed E-state index contributed by atoms with van der Waals surface area (Å²) in [5, 5.41) is 0. The number of piperidine rings is 1. The molecule has 0 saturated carbocycles. The maximum atomic E-state index is 12.8. The molecule has 1 aromatic heterocycles. The summed E-state index contributed by atoms with van der Waals surface area (Å²) in [6.45, 7) is 6.74. The van der Waals surface area contributed by atoms with Crippen LogP contribution < -0.4 is 4.90 Å². The predicted molar refractivity (Wildman–Crippen MR) is 122 cm³/mol. The number of aryl methyl sites for hydroxylation is 1. The Hall–Kier alpha value is -2.89. The number of hydrogen-bond donors (Lipinski definition) is 0. The van der Waals surface area contributed by atoms with E-state index in [1.165, 1.54) is 0 Å². The van der Waals surface area contributed by atoms with Gasteiger partial charge in [0, 0.05) is 57.4 Å². The monoisotopic (exact) mass is 420 g/mol. The van der Waals surface area contributed by atoms with Crippen molar-refractivity contribution < 1.29 is 9.59 Å². The second-order valence-electron chi connectivity index (χ2n) is 8.72. The Morgan fingerprint density at radius 3 is 2.45 bits per heavy atom. The lowest BCUT2D eigenvalue weighted by atomic mass is 9.92. The molecule has 0 aliphatic carbocycles. The molecule has 6 heteroatoms. The van der Waals surface area contributed by atoms with E-state index in [-0.39, 0.29) is 11.8 Å². The van der Waals surface area contributed by atoms with Gasteiger partial charge in [-0.2, -0.15) is 0 Å². The number of rotatable bonds is 5. The Morgan fingerprint density at radius 2 is 1.74 bits per heavy atom. The molecule has 2 aliphatic rings. The lowest BCUT2D eigenvalue weighted by Crippen LogP contribution is -2.49. The van der Waals surface area contributed by atoms with Crippen LogP contribution >= 0.6 is 0 Å². The summed E-state index contributed by atoms with van der Waals surface area (Å²) in [5.74, 6) is 1.74. The van der Waals surface area contributed by atoms with Crippen LogP contribution in [0.5, 0.6) is 0 Å². The molecular weight excluding hydrogens is 388 g/mol. The van der Waals surface area contributed by atoms with Gasteiger partial charge in [-0.1, -0.05) is 23.8 Å². The van der Waals surface area contributed by atoms with Gasteiger partial charge in [0.05, 0.1) is 0 Å². The van der Waals surface area contributed by atoms with Crippen LogP contribution in [-0.4, -0.2) is 65.9 Å². The number of likely N-dealkylation sites (tertiary alicyclic amines) is 1. The van der Waals surface area contributed by atoms with E-state index in [2.05, 4.69) is 9.88 Å². The molecule has 0 spiro atoms. The first-order valence-electron chi connectivity index (χ1n) is 11.4. The summed E-state index contributed by atoms with van der Waals surface area (Å²) < 4.78 is 0. The Bertz CT molecular complexity index is 876. The van der Waals surface area contributed by atoms with Gasteiger partial charge in [0.2, 0.25) is 5.91 Å². The highest BCUT2D eigenvalue weighted by Crippen LogP contribution is 2.23. The minimum absolute atomic E-state index is 0.113. The zero-order valence-corrected chi connectivity index (χ0v) is 18.4. The summed E-state index contributed by atoms with van der Waals surface area (Å²) in [6, 6.07) is 13.7. The van der Waals surface area contributed by atoms with E-state index in [0.717, 1.165) is 75.5 Å². The molecule has 2 saturated heterocycles. The lowest BCUT2D eigenvalue weighted by molar-refractivity contribution is -0.131. The van der Waals surface area contributed by atoms with Gasteiger partial charge in [-0.15, -0.1) is 0 Å². The molecule has 0 bridgehead atoms. The molecule has 3 heterocycles. The third-order valence-corrected chi connectivity index (χ3v) is 6.48. The van der Waals surface area contributed by atoms with Gasteiger partial charge in [-0.3, -0.25) is 9.59 Å². The molecule has 31 heavy (non-hydrogen) atoms. The maximum absolute atomic E-state index is 12.8. The van der Waals surface area contributed by atoms with E-state index in [9.17, 15) is 9.59 Å². The number of hydrogen-bond acceptors (Lipinski definition) is 4. The van der Waals surface area contributed by atoms with Crippen molar-refractivity contribution in [3.05, 3.63) is 59.8 Å². The van der Waals surface area contributed by atoms with Crippen LogP contribution in [0.3, 0.4) is 0 Å². The first kappa shape index (κ1) is 21.3. The fourth-order valence-corrected chi connectivity index (χ4v) is 4.58. The Balaban J connectivity index is 1.23. The third-order valence-electron chi connectivity index (χ3n) is 6.48. The fourth-order valence-electron chi connectivity index (χ4n) is 4.58. The van der Waals surface area contributed by atoms with E-state index >= 15 is 0 Å². The lowest BCUT2D eigenvalue weighted by Gasteiger charge is -2.36. The Kier molecular flexibility index (Phi) is 6.85. The SMILES string of the molecule is Cc1ccc(C(=O)N2CCC[C@H](CCC(=O)N3CCN(c4ccccn4)CC3)C2)cc1. The number of carbonyl (C=O) groups is 2. The summed E-state index contributed by atoms with van der Waals surface area (Å²) in [5.41, 5.74) is 1.92. The molecule has 1 aromatic carbocycles. The van der Waals surface area contributed by atoms with E-state index < -0.39 is 0 Å². The van der Waals surface area contributed by atoms with Crippen LogP contribution in [0.15, 0.2) is 48.7 Å². The smallest absolute Gasteiger partial charge is 0.253 e. The number of pyridine rings is 1. The number of aromatic nitrogens is 1. The van der Waals surface area contributed by atoms with Crippen LogP contribution in [0.4, 0.5) is 5.82 Å². The van der Waals surface area contributed by atoms with Crippen LogP contribution in [0.25, 0.3) is 0 Å². The number of amides is 2. The first-order chi connectivity index (χ1) is 15.1. The van der Waals surface area contributed by atoms with Gasteiger partial charge >= 0.3 is 0 Å². The van der Waals surface area contributed by atoms with Crippen molar-refractivity contribution in [2.45, 2.75) is 32.6 Å². The zero-order valence-electron chi connectivity index (χ0n) is 18.4. The number of piperazine rings is 1. The minimum Gasteiger partial charge on any atom is -0.353 e. The quantitative estimate of drug-likeness (QED) is 0.744. The molecule has 0 N–H and O–H groups in total. The van der Waals surface area contributed by atoms with E-state index in [1.54, 1.807) is 0 Å². The average molecular weight is 421 g/mol. The Labute approximate surface area is 184 Å². The molecule has 0 unspecified atom stereocenters.